The molecule has 3 aromatic carbocycles. The van der Waals surface area contributed by atoms with Gasteiger partial charge in [-0.3, -0.25) is 14.5 Å². The van der Waals surface area contributed by atoms with Crippen molar-refractivity contribution in [3.05, 3.63) is 93.5 Å². The highest BCUT2D eigenvalue weighted by Crippen LogP contribution is 2.42. The van der Waals surface area contributed by atoms with Crippen LogP contribution in [0.4, 0.5) is 4.79 Å². The molecule has 302 valence electrons. The van der Waals surface area contributed by atoms with E-state index in [1.807, 2.05) is 51.1 Å². The first-order chi connectivity index (χ1) is 27.6. The standard InChI is InChI=1S/C41H49Cl2N9O5/c1-3-57-36(53)27-50-21-23-51(24-22-50)39(55)44-41(30-7-5-4-6-8-30)15-18-49(19-16-41)17-13-40(31-10-11-33(42)34(43)26-31)14-20-52(28-40)38(54)32-25-29(9-12-35(32)56-2)37-45-47-48-46-37/h4-12,25-26H,3,13-24,27-28H2,1-2H3,(H,44,55)(H,45,46,47,48)/t40-/m0/s1. The molecule has 1 atom stereocenters. The number of carbonyl (C=O) groups excluding carboxylic acids is 3. The van der Waals surface area contributed by atoms with Crippen LogP contribution >= 0.6 is 23.2 Å². The lowest BCUT2D eigenvalue weighted by Crippen LogP contribution is -2.59. The fourth-order valence-corrected chi connectivity index (χ4v) is 8.78. The molecule has 3 aliphatic heterocycles. The number of urea groups is 1. The number of piperazine rings is 1. The Morgan fingerprint density at radius 2 is 1.61 bits per heavy atom. The van der Waals surface area contributed by atoms with Crippen LogP contribution in [-0.4, -0.2) is 137 Å². The molecule has 1 aromatic heterocycles. The van der Waals surface area contributed by atoms with Crippen molar-refractivity contribution in [1.82, 2.24) is 45.5 Å². The zero-order valence-corrected chi connectivity index (χ0v) is 33.9. The van der Waals surface area contributed by atoms with E-state index >= 15 is 0 Å². The topological polar surface area (TPSA) is 149 Å². The Kier molecular flexibility index (Phi) is 12.6. The highest BCUT2D eigenvalue weighted by molar-refractivity contribution is 6.42. The normalized spacial score (nSPS) is 20.0. The summed E-state index contributed by atoms with van der Waals surface area (Å²) in [6.07, 6.45) is 3.02. The summed E-state index contributed by atoms with van der Waals surface area (Å²) in [5, 5.41) is 18.7. The molecule has 7 rings (SSSR count). The number of amides is 3. The van der Waals surface area contributed by atoms with Gasteiger partial charge in [-0.2, -0.15) is 5.21 Å². The summed E-state index contributed by atoms with van der Waals surface area (Å²) in [5.41, 5.74) is 2.33. The molecule has 3 aliphatic rings. The minimum Gasteiger partial charge on any atom is -0.496 e. The van der Waals surface area contributed by atoms with E-state index in [0.29, 0.717) is 78.6 Å². The number of likely N-dealkylation sites (tertiary alicyclic amines) is 2. The number of nitrogens with zero attached hydrogens (tertiary/aromatic N) is 7. The second-order valence-electron chi connectivity index (χ2n) is 15.1. The molecular formula is C41H49Cl2N9O5. The predicted molar refractivity (Wildman–Crippen MR) is 216 cm³/mol. The second kappa shape index (κ2) is 17.8. The van der Waals surface area contributed by atoms with Crippen molar-refractivity contribution in [2.45, 2.75) is 43.6 Å². The Hall–Kier alpha value is -4.76. The number of aromatic amines is 1. The fourth-order valence-electron chi connectivity index (χ4n) is 8.48. The maximum atomic E-state index is 14.3. The van der Waals surface area contributed by atoms with Crippen LogP contribution < -0.4 is 10.1 Å². The minimum atomic E-state index is -0.524. The van der Waals surface area contributed by atoms with Gasteiger partial charge in [-0.25, -0.2) is 4.79 Å². The van der Waals surface area contributed by atoms with E-state index in [1.165, 1.54) is 0 Å². The van der Waals surface area contributed by atoms with Crippen LogP contribution in [0.3, 0.4) is 0 Å². The number of benzene rings is 3. The average molecular weight is 819 g/mol. The van der Waals surface area contributed by atoms with Gasteiger partial charge in [0, 0.05) is 63.3 Å². The van der Waals surface area contributed by atoms with E-state index in [9.17, 15) is 14.4 Å². The Balaban J connectivity index is 1.04. The molecule has 3 amide bonds. The highest BCUT2D eigenvalue weighted by Gasteiger charge is 2.44. The molecule has 4 heterocycles. The van der Waals surface area contributed by atoms with Gasteiger partial charge in [0.1, 0.15) is 5.75 Å². The Labute approximate surface area is 342 Å². The summed E-state index contributed by atoms with van der Waals surface area (Å²) in [6.45, 7) is 8.09. The molecule has 2 N–H and O–H groups in total. The van der Waals surface area contributed by atoms with Crippen LogP contribution in [0.1, 0.15) is 54.1 Å². The number of methoxy groups -OCH3 is 1. The molecule has 0 saturated carbocycles. The van der Waals surface area contributed by atoms with Crippen LogP contribution in [0.15, 0.2) is 66.7 Å². The molecule has 16 heteroatoms. The van der Waals surface area contributed by atoms with Gasteiger partial charge in [0.05, 0.1) is 41.4 Å². The summed E-state index contributed by atoms with van der Waals surface area (Å²) in [4.78, 5) is 48.3. The first-order valence-corrected chi connectivity index (χ1v) is 20.3. The molecule has 4 aromatic rings. The van der Waals surface area contributed by atoms with Gasteiger partial charge in [-0.1, -0.05) is 59.6 Å². The number of rotatable bonds is 12. The maximum Gasteiger partial charge on any atom is 0.320 e. The van der Waals surface area contributed by atoms with Crippen molar-refractivity contribution in [3.8, 4) is 17.1 Å². The smallest absolute Gasteiger partial charge is 0.320 e. The van der Waals surface area contributed by atoms with E-state index < -0.39 is 5.54 Å². The molecule has 3 saturated heterocycles. The summed E-state index contributed by atoms with van der Waals surface area (Å²) < 4.78 is 10.7. The first kappa shape index (κ1) is 40.4. The van der Waals surface area contributed by atoms with Crippen molar-refractivity contribution >= 4 is 41.1 Å². The van der Waals surface area contributed by atoms with Crippen LogP contribution in [0.2, 0.25) is 10.0 Å². The summed E-state index contributed by atoms with van der Waals surface area (Å²) in [5.74, 6) is 0.482. The first-order valence-electron chi connectivity index (χ1n) is 19.5. The second-order valence-corrected chi connectivity index (χ2v) is 15.9. The van der Waals surface area contributed by atoms with Crippen molar-refractivity contribution in [2.24, 2.45) is 0 Å². The number of halogens is 2. The molecule has 0 aliphatic carbocycles. The van der Waals surface area contributed by atoms with Gasteiger partial charge in [0.15, 0.2) is 0 Å². The largest absolute Gasteiger partial charge is 0.496 e. The fraction of sp³-hybridized carbons (Fsp3) is 0.463. The highest BCUT2D eigenvalue weighted by atomic mass is 35.5. The molecule has 0 bridgehead atoms. The molecule has 14 nitrogen and oxygen atoms in total. The van der Waals surface area contributed by atoms with Crippen molar-refractivity contribution in [1.29, 1.82) is 0 Å². The maximum absolute atomic E-state index is 14.3. The van der Waals surface area contributed by atoms with Gasteiger partial charge in [0.25, 0.3) is 5.91 Å². The number of hydrogen-bond acceptors (Lipinski definition) is 10. The quantitative estimate of drug-likeness (QED) is 0.182. The van der Waals surface area contributed by atoms with Crippen LogP contribution in [0.5, 0.6) is 5.75 Å². The van der Waals surface area contributed by atoms with Crippen LogP contribution in [0.25, 0.3) is 11.4 Å². The SMILES string of the molecule is CCOC(=O)CN1CCN(C(=O)NC2(c3ccccc3)CCN(CC[C@]3(c4ccc(Cl)c(Cl)c4)CCN(C(=O)c4cc(-c5nn[nH]n5)ccc4OC)C3)CC2)CC1. The van der Waals surface area contributed by atoms with E-state index in [1.54, 1.807) is 32.2 Å². The van der Waals surface area contributed by atoms with Crippen molar-refractivity contribution in [2.75, 3.05) is 79.2 Å². The Bertz CT molecular complexity index is 2020. The zero-order valence-electron chi connectivity index (χ0n) is 32.4. The molecule has 0 unspecified atom stereocenters. The number of esters is 1. The number of nitrogens with one attached hydrogen (secondary N) is 2. The number of tetrazole rings is 1. The summed E-state index contributed by atoms with van der Waals surface area (Å²) in [6, 6.07) is 21.3. The lowest BCUT2D eigenvalue weighted by atomic mass is 9.76. The Morgan fingerprint density at radius 3 is 2.30 bits per heavy atom. The van der Waals surface area contributed by atoms with Gasteiger partial charge >= 0.3 is 12.0 Å². The van der Waals surface area contributed by atoms with Gasteiger partial charge in [-0.05, 0) is 85.8 Å². The number of aromatic nitrogens is 4. The summed E-state index contributed by atoms with van der Waals surface area (Å²) >= 11 is 13.0. The number of hydrogen-bond donors (Lipinski definition) is 2. The number of H-pyrrole nitrogens is 1. The monoisotopic (exact) mass is 817 g/mol. The van der Waals surface area contributed by atoms with Gasteiger partial charge in [-0.15, -0.1) is 10.2 Å². The van der Waals surface area contributed by atoms with E-state index in [0.717, 1.165) is 56.4 Å². The van der Waals surface area contributed by atoms with E-state index in [-0.39, 0.29) is 29.9 Å². The van der Waals surface area contributed by atoms with Crippen LogP contribution in [-0.2, 0) is 20.5 Å². The van der Waals surface area contributed by atoms with Crippen molar-refractivity contribution < 1.29 is 23.9 Å². The summed E-state index contributed by atoms with van der Waals surface area (Å²) in [7, 11) is 1.55. The van der Waals surface area contributed by atoms with Crippen molar-refractivity contribution in [3.63, 3.8) is 0 Å². The van der Waals surface area contributed by atoms with Gasteiger partial charge in [0.2, 0.25) is 5.82 Å². The third-order valence-electron chi connectivity index (χ3n) is 11.8. The Morgan fingerprint density at radius 1 is 0.842 bits per heavy atom. The molecule has 0 spiro atoms. The molecule has 57 heavy (non-hydrogen) atoms. The molecule has 0 radical (unpaired) electrons. The minimum absolute atomic E-state index is 0.0863. The lowest BCUT2D eigenvalue weighted by Gasteiger charge is -2.45. The van der Waals surface area contributed by atoms with Crippen LogP contribution in [0, 0.1) is 0 Å². The third kappa shape index (κ3) is 9.04. The predicted octanol–water partition coefficient (Wildman–Crippen LogP) is 5.24. The van der Waals surface area contributed by atoms with E-state index in [2.05, 4.69) is 43.0 Å². The average Bonchev–Trinajstić information content (AvgIpc) is 3.94. The number of ether oxygens (including phenoxy) is 2. The molecule has 3 fully saturated rings. The number of piperidine rings is 1. The molecular weight excluding hydrogens is 769 g/mol. The lowest BCUT2D eigenvalue weighted by molar-refractivity contribution is -0.144. The zero-order chi connectivity index (χ0) is 40.0. The van der Waals surface area contributed by atoms with Gasteiger partial charge < -0.3 is 29.5 Å². The third-order valence-corrected chi connectivity index (χ3v) is 12.6. The van der Waals surface area contributed by atoms with E-state index in [4.69, 9.17) is 32.7 Å². The number of carbonyl (C=O) groups is 3.